The number of amides is 3. The van der Waals surface area contributed by atoms with Gasteiger partial charge < -0.3 is 35.2 Å². The Kier molecular flexibility index (Phi) is 11.8. The number of hydrogen-bond donors (Lipinski definition) is 4. The van der Waals surface area contributed by atoms with E-state index in [9.17, 15) is 37.1 Å². The van der Waals surface area contributed by atoms with Crippen LogP contribution >= 0.6 is 11.6 Å². The Morgan fingerprint density at radius 1 is 1.06 bits per heavy atom. The number of benzene rings is 2. The van der Waals surface area contributed by atoms with Crippen LogP contribution in [-0.4, -0.2) is 106 Å². The van der Waals surface area contributed by atoms with Gasteiger partial charge in [-0.2, -0.15) is 13.2 Å². The van der Waals surface area contributed by atoms with Crippen LogP contribution in [0.25, 0.3) is 16.9 Å². The van der Waals surface area contributed by atoms with Crippen molar-refractivity contribution in [3.05, 3.63) is 71.1 Å². The predicted molar refractivity (Wildman–Crippen MR) is 191 cm³/mol. The molecular weight excluding hydrogens is 736 g/mol. The normalized spacial score (nSPS) is 19.9. The van der Waals surface area contributed by atoms with E-state index in [4.69, 9.17) is 11.6 Å². The minimum absolute atomic E-state index is 0.00537. The Morgan fingerprint density at radius 2 is 1.81 bits per heavy atom. The van der Waals surface area contributed by atoms with Gasteiger partial charge in [0.25, 0.3) is 5.91 Å². The van der Waals surface area contributed by atoms with Crippen LogP contribution in [-0.2, 0) is 4.79 Å². The molecule has 2 fully saturated rings. The number of anilines is 2. The first-order valence-electron chi connectivity index (χ1n) is 17.5. The molecule has 4 heterocycles. The Bertz CT molecular complexity index is 2030. The molecule has 2 saturated heterocycles. The van der Waals surface area contributed by atoms with Gasteiger partial charge >= 0.3 is 12.7 Å². The summed E-state index contributed by atoms with van der Waals surface area (Å²) in [6, 6.07) is 6.68. The fourth-order valence-electron chi connectivity index (χ4n) is 7.19. The molecule has 288 valence electrons. The average Bonchev–Trinajstić information content (AvgIpc) is 3.78. The van der Waals surface area contributed by atoms with Gasteiger partial charge in [0.2, 0.25) is 11.7 Å². The summed E-state index contributed by atoms with van der Waals surface area (Å²) < 4.78 is 60.7. The summed E-state index contributed by atoms with van der Waals surface area (Å²) in [7, 11) is 2.18. The molecule has 54 heavy (non-hydrogen) atoms. The Balaban J connectivity index is 0.962. The summed E-state index contributed by atoms with van der Waals surface area (Å²) in [5.74, 6) is -3.76. The number of likely N-dealkylation sites (tertiary alicyclic amines) is 2. The second-order valence-electron chi connectivity index (χ2n) is 13.9. The molecule has 3 amide bonds. The molecule has 4 aromatic rings. The lowest BCUT2D eigenvalue weighted by Crippen LogP contribution is -2.54. The molecule has 1 unspecified atom stereocenters. The first-order chi connectivity index (χ1) is 25.8. The van der Waals surface area contributed by atoms with E-state index in [0.717, 1.165) is 55.5 Å². The highest BCUT2D eigenvalue weighted by atomic mass is 35.5. The van der Waals surface area contributed by atoms with Crippen molar-refractivity contribution in [1.82, 2.24) is 29.9 Å². The zero-order chi connectivity index (χ0) is 38.6. The molecular formula is C36H40ClF4N8O5+. The smallest absolute Gasteiger partial charge is 0.407 e. The fraction of sp³-hybridized carbons (Fsp3) is 0.417. The number of quaternary nitrogens is 1. The Morgan fingerprint density at radius 3 is 2.52 bits per heavy atom. The van der Waals surface area contributed by atoms with Crippen LogP contribution in [0.1, 0.15) is 36.0 Å². The van der Waals surface area contributed by atoms with E-state index >= 15 is 0 Å². The van der Waals surface area contributed by atoms with Crippen molar-refractivity contribution >= 4 is 46.7 Å². The van der Waals surface area contributed by atoms with E-state index in [1.54, 1.807) is 6.07 Å². The predicted octanol–water partition coefficient (Wildman–Crippen LogP) is 5.77. The minimum atomic E-state index is -3.32. The number of fused-ring (bicyclic) bond motifs is 1. The first-order valence-corrected chi connectivity index (χ1v) is 17.9. The Hall–Kier alpha value is -5.16. The third-order valence-electron chi connectivity index (χ3n) is 10.0. The molecule has 18 heteroatoms. The zero-order valence-corrected chi connectivity index (χ0v) is 30.1. The van der Waals surface area contributed by atoms with E-state index in [-0.39, 0.29) is 45.1 Å². The highest BCUT2D eigenvalue weighted by molar-refractivity contribution is 6.34. The summed E-state index contributed by atoms with van der Waals surface area (Å²) >= 11 is 6.46. The number of piperidine rings is 1. The number of ether oxygens (including phenoxy) is 1. The number of nitrogens with one attached hydrogen (secondary N) is 3. The van der Waals surface area contributed by atoms with Crippen LogP contribution < -0.4 is 20.7 Å². The molecule has 0 aliphatic carbocycles. The summed E-state index contributed by atoms with van der Waals surface area (Å²) in [6.07, 6.45) is 6.22. The fourth-order valence-corrected chi connectivity index (χ4v) is 7.46. The van der Waals surface area contributed by atoms with Crippen molar-refractivity contribution in [2.75, 3.05) is 58.2 Å². The SMILES string of the molecule is C[N+]1(CC2CCN(C(=O)O)C2)CCC(C(=O)NCCCNC(=O)c2ccc(Nc3nccn4c(-c5ccc(OC(F)F)c(F)c5F)cnc34)cc2Cl)CC1. The monoisotopic (exact) mass is 775 g/mol. The number of hydrogen-bond acceptors (Lipinski definition) is 7. The molecule has 2 aliphatic rings. The molecule has 2 aliphatic heterocycles. The second kappa shape index (κ2) is 16.5. The van der Waals surface area contributed by atoms with E-state index in [1.807, 2.05) is 0 Å². The number of aromatic nitrogens is 3. The molecule has 0 saturated carbocycles. The number of carboxylic acid groups (broad SMARTS) is 1. The van der Waals surface area contributed by atoms with E-state index < -0.39 is 36.0 Å². The van der Waals surface area contributed by atoms with Crippen molar-refractivity contribution in [1.29, 1.82) is 0 Å². The lowest BCUT2D eigenvalue weighted by atomic mass is 9.93. The maximum Gasteiger partial charge on any atom is 0.407 e. The van der Waals surface area contributed by atoms with Gasteiger partial charge in [-0.15, -0.1) is 0 Å². The van der Waals surface area contributed by atoms with Gasteiger partial charge in [0.05, 0.1) is 49.2 Å². The lowest BCUT2D eigenvalue weighted by Gasteiger charge is -2.41. The van der Waals surface area contributed by atoms with Gasteiger partial charge in [0.15, 0.2) is 23.0 Å². The van der Waals surface area contributed by atoms with Crippen LogP contribution in [0, 0.1) is 23.5 Å². The van der Waals surface area contributed by atoms with Crippen LogP contribution in [0.4, 0.5) is 33.9 Å². The molecule has 0 radical (unpaired) electrons. The number of carbonyl (C=O) groups excluding carboxylic acids is 2. The minimum Gasteiger partial charge on any atom is -0.465 e. The maximum absolute atomic E-state index is 14.9. The molecule has 13 nitrogen and oxygen atoms in total. The van der Waals surface area contributed by atoms with Gasteiger partial charge in [0, 0.05) is 74.5 Å². The van der Waals surface area contributed by atoms with E-state index in [1.165, 1.54) is 40.0 Å². The molecule has 2 aromatic carbocycles. The molecule has 0 bridgehead atoms. The van der Waals surface area contributed by atoms with Crippen molar-refractivity contribution in [2.24, 2.45) is 11.8 Å². The van der Waals surface area contributed by atoms with Gasteiger partial charge in [-0.05, 0) is 43.2 Å². The largest absolute Gasteiger partial charge is 0.465 e. The summed E-state index contributed by atoms with van der Waals surface area (Å²) in [6.45, 7) is 1.20. The number of imidazole rings is 1. The number of carbonyl (C=O) groups is 3. The summed E-state index contributed by atoms with van der Waals surface area (Å²) in [5.41, 5.74) is 0.820. The zero-order valence-electron chi connectivity index (χ0n) is 29.3. The van der Waals surface area contributed by atoms with Crippen molar-refractivity contribution in [3.8, 4) is 17.0 Å². The van der Waals surface area contributed by atoms with E-state index in [0.29, 0.717) is 44.2 Å². The third kappa shape index (κ3) is 8.79. The highest BCUT2D eigenvalue weighted by Crippen LogP contribution is 2.33. The number of nitrogens with zero attached hydrogens (tertiary/aromatic N) is 5. The summed E-state index contributed by atoms with van der Waals surface area (Å²) in [4.78, 5) is 47.0. The van der Waals surface area contributed by atoms with Crippen LogP contribution in [0.3, 0.4) is 0 Å². The van der Waals surface area contributed by atoms with Crippen LogP contribution in [0.5, 0.6) is 5.75 Å². The quantitative estimate of drug-likeness (QED) is 0.0761. The molecule has 0 spiro atoms. The third-order valence-corrected chi connectivity index (χ3v) is 10.4. The van der Waals surface area contributed by atoms with Gasteiger partial charge in [0.1, 0.15) is 0 Å². The standard InChI is InChI=1S/C36H39ClF4N8O5/c1-49(20-21-7-13-47(19-21)36(52)53)15-8-22(9-16-49)33(50)43-10-2-11-44-34(51)24-4-3-23(17-26(24)37)46-31-32-45-18-27(48(32)14-12-42-31)25-5-6-28(54-35(40)41)30(39)29(25)38/h3-6,12,14,17-18,21-22,35H,2,7-11,13,15-16,19-20H2,1H3,(H3-,42,43,44,46,50,51,52,53)/p+1. The second-order valence-corrected chi connectivity index (χ2v) is 14.3. The van der Waals surface area contributed by atoms with Crippen LogP contribution in [0.15, 0.2) is 48.9 Å². The van der Waals surface area contributed by atoms with Gasteiger partial charge in [-0.25, -0.2) is 19.2 Å². The van der Waals surface area contributed by atoms with Crippen molar-refractivity contribution in [3.63, 3.8) is 0 Å². The molecule has 2 aromatic heterocycles. The lowest BCUT2D eigenvalue weighted by molar-refractivity contribution is -0.917. The first kappa shape index (κ1) is 38.6. The molecule has 4 N–H and O–H groups in total. The average molecular weight is 776 g/mol. The number of alkyl halides is 2. The van der Waals surface area contributed by atoms with Gasteiger partial charge in [-0.1, -0.05) is 11.6 Å². The highest BCUT2D eigenvalue weighted by Gasteiger charge is 2.37. The number of rotatable bonds is 13. The van der Waals surface area contributed by atoms with Crippen molar-refractivity contribution in [2.45, 2.75) is 32.3 Å². The maximum atomic E-state index is 14.9. The number of halogens is 5. The summed E-state index contributed by atoms with van der Waals surface area (Å²) in [5, 5.41) is 18.2. The molecule has 1 atom stereocenters. The van der Waals surface area contributed by atoms with Crippen LogP contribution in [0.2, 0.25) is 5.02 Å². The topological polar surface area (TPSA) is 150 Å². The molecule has 6 rings (SSSR count). The van der Waals surface area contributed by atoms with Crippen molar-refractivity contribution < 1.29 is 46.3 Å². The van der Waals surface area contributed by atoms with E-state index in [2.05, 4.69) is 37.7 Å². The van der Waals surface area contributed by atoms with Gasteiger partial charge in [-0.3, -0.25) is 14.0 Å². The Labute approximate surface area is 312 Å².